The SMILES string of the molecule is CC(C)CCOc1cnc2c(c1)CCC(=O)N2C. The van der Waals surface area contributed by atoms with Gasteiger partial charge in [0.15, 0.2) is 0 Å². The molecule has 1 aliphatic heterocycles. The van der Waals surface area contributed by atoms with Crippen LogP contribution in [0.2, 0.25) is 0 Å². The third kappa shape index (κ3) is 2.81. The minimum Gasteiger partial charge on any atom is -0.492 e. The lowest BCUT2D eigenvalue weighted by molar-refractivity contribution is -0.118. The van der Waals surface area contributed by atoms with Crippen molar-refractivity contribution < 1.29 is 9.53 Å². The van der Waals surface area contributed by atoms with E-state index in [-0.39, 0.29) is 5.91 Å². The van der Waals surface area contributed by atoms with Gasteiger partial charge in [-0.25, -0.2) is 4.98 Å². The number of nitrogens with zero attached hydrogens (tertiary/aromatic N) is 2. The van der Waals surface area contributed by atoms with Gasteiger partial charge in [0, 0.05) is 13.5 Å². The van der Waals surface area contributed by atoms with Crippen LogP contribution < -0.4 is 9.64 Å². The van der Waals surface area contributed by atoms with Crippen LogP contribution in [0.15, 0.2) is 12.3 Å². The van der Waals surface area contributed by atoms with Crippen LogP contribution in [0.5, 0.6) is 5.75 Å². The van der Waals surface area contributed by atoms with Crippen molar-refractivity contribution in [3.05, 3.63) is 17.8 Å². The van der Waals surface area contributed by atoms with E-state index in [1.807, 2.05) is 6.07 Å². The Morgan fingerprint density at radius 3 is 2.94 bits per heavy atom. The summed E-state index contributed by atoms with van der Waals surface area (Å²) >= 11 is 0. The van der Waals surface area contributed by atoms with Gasteiger partial charge < -0.3 is 4.74 Å². The van der Waals surface area contributed by atoms with Gasteiger partial charge in [-0.3, -0.25) is 9.69 Å². The molecule has 0 spiro atoms. The van der Waals surface area contributed by atoms with E-state index in [2.05, 4.69) is 18.8 Å². The Morgan fingerprint density at radius 2 is 2.22 bits per heavy atom. The van der Waals surface area contributed by atoms with Crippen molar-refractivity contribution in [2.24, 2.45) is 5.92 Å². The van der Waals surface area contributed by atoms with E-state index in [0.29, 0.717) is 18.9 Å². The fourth-order valence-electron chi connectivity index (χ4n) is 1.99. The summed E-state index contributed by atoms with van der Waals surface area (Å²) in [6, 6.07) is 2.01. The third-order valence-electron chi connectivity index (χ3n) is 3.18. The first-order chi connectivity index (χ1) is 8.58. The lowest BCUT2D eigenvalue weighted by Gasteiger charge is -2.24. The fraction of sp³-hybridized carbons (Fsp3) is 0.571. The molecule has 4 heteroatoms. The molecule has 0 radical (unpaired) electrons. The summed E-state index contributed by atoms with van der Waals surface area (Å²) in [5, 5.41) is 0. The first-order valence-corrected chi connectivity index (χ1v) is 6.46. The van der Waals surface area contributed by atoms with Gasteiger partial charge in [0.05, 0.1) is 12.8 Å². The maximum atomic E-state index is 11.5. The number of aromatic nitrogens is 1. The number of hydrogen-bond donors (Lipinski definition) is 0. The molecular weight excluding hydrogens is 228 g/mol. The number of hydrogen-bond acceptors (Lipinski definition) is 3. The molecule has 1 amide bonds. The zero-order chi connectivity index (χ0) is 13.1. The van der Waals surface area contributed by atoms with Gasteiger partial charge in [-0.05, 0) is 30.4 Å². The van der Waals surface area contributed by atoms with E-state index >= 15 is 0 Å². The quantitative estimate of drug-likeness (QED) is 0.821. The Bertz CT molecular complexity index is 443. The highest BCUT2D eigenvalue weighted by Gasteiger charge is 2.22. The highest BCUT2D eigenvalue weighted by atomic mass is 16.5. The summed E-state index contributed by atoms with van der Waals surface area (Å²) in [6.45, 7) is 5.07. The molecule has 98 valence electrons. The number of carbonyl (C=O) groups excluding carboxylic acids is 1. The number of amides is 1. The summed E-state index contributed by atoms with van der Waals surface area (Å²) in [4.78, 5) is 17.5. The molecule has 0 saturated carbocycles. The molecule has 0 N–H and O–H groups in total. The van der Waals surface area contributed by atoms with Crippen LogP contribution in [-0.2, 0) is 11.2 Å². The first-order valence-electron chi connectivity index (χ1n) is 6.46. The zero-order valence-electron chi connectivity index (χ0n) is 11.3. The molecule has 2 rings (SSSR count). The van der Waals surface area contributed by atoms with Crippen LogP contribution in [0.4, 0.5) is 5.82 Å². The lowest BCUT2D eigenvalue weighted by atomic mass is 10.1. The van der Waals surface area contributed by atoms with Crippen LogP contribution in [-0.4, -0.2) is 24.5 Å². The van der Waals surface area contributed by atoms with Crippen LogP contribution in [0, 0.1) is 5.92 Å². The second-order valence-electron chi connectivity index (χ2n) is 5.14. The minimum absolute atomic E-state index is 0.128. The van der Waals surface area contributed by atoms with Gasteiger partial charge in [0.2, 0.25) is 5.91 Å². The van der Waals surface area contributed by atoms with Gasteiger partial charge in [0.25, 0.3) is 0 Å². The highest BCUT2D eigenvalue weighted by molar-refractivity contribution is 5.94. The van der Waals surface area contributed by atoms with E-state index in [1.54, 1.807) is 18.1 Å². The molecular formula is C14H20N2O2. The van der Waals surface area contributed by atoms with Gasteiger partial charge >= 0.3 is 0 Å². The predicted molar refractivity (Wildman–Crippen MR) is 70.9 cm³/mol. The molecule has 0 aliphatic carbocycles. The van der Waals surface area contributed by atoms with E-state index in [0.717, 1.165) is 30.0 Å². The Labute approximate surface area is 108 Å². The highest BCUT2D eigenvalue weighted by Crippen LogP contribution is 2.27. The fourth-order valence-corrected chi connectivity index (χ4v) is 1.99. The number of pyridine rings is 1. The maximum Gasteiger partial charge on any atom is 0.228 e. The molecule has 18 heavy (non-hydrogen) atoms. The smallest absolute Gasteiger partial charge is 0.228 e. The van der Waals surface area contributed by atoms with Crippen molar-refractivity contribution in [1.29, 1.82) is 0 Å². The monoisotopic (exact) mass is 248 g/mol. The number of ether oxygens (including phenoxy) is 1. The van der Waals surface area contributed by atoms with E-state index < -0.39 is 0 Å². The largest absolute Gasteiger partial charge is 0.492 e. The summed E-state index contributed by atoms with van der Waals surface area (Å²) in [5.74, 6) is 2.34. The molecule has 2 heterocycles. The molecule has 0 atom stereocenters. The van der Waals surface area contributed by atoms with Gasteiger partial charge in [-0.2, -0.15) is 0 Å². The summed E-state index contributed by atoms with van der Waals surface area (Å²) in [7, 11) is 1.77. The van der Waals surface area contributed by atoms with Crippen molar-refractivity contribution in [1.82, 2.24) is 4.98 Å². The summed E-state index contributed by atoms with van der Waals surface area (Å²) in [5.41, 5.74) is 1.10. The van der Waals surface area contributed by atoms with Gasteiger partial charge in [-0.1, -0.05) is 13.8 Å². The number of anilines is 1. The van der Waals surface area contributed by atoms with Crippen LogP contribution in [0.25, 0.3) is 0 Å². The van der Waals surface area contributed by atoms with Crippen molar-refractivity contribution in [2.75, 3.05) is 18.6 Å². The zero-order valence-corrected chi connectivity index (χ0v) is 11.3. The second kappa shape index (κ2) is 5.38. The number of aryl methyl sites for hydroxylation is 1. The molecule has 0 unspecified atom stereocenters. The minimum atomic E-state index is 0.128. The average Bonchev–Trinajstić information content (AvgIpc) is 2.33. The van der Waals surface area contributed by atoms with E-state index in [9.17, 15) is 4.79 Å². The van der Waals surface area contributed by atoms with Crippen molar-refractivity contribution in [2.45, 2.75) is 33.1 Å². The summed E-state index contributed by atoms with van der Waals surface area (Å²) in [6.07, 6.45) is 4.05. The van der Waals surface area contributed by atoms with Crippen LogP contribution in [0.3, 0.4) is 0 Å². The Hall–Kier alpha value is -1.58. The van der Waals surface area contributed by atoms with Gasteiger partial charge in [-0.15, -0.1) is 0 Å². The molecule has 1 aliphatic rings. The normalized spacial score (nSPS) is 14.9. The topological polar surface area (TPSA) is 42.4 Å². The predicted octanol–water partition coefficient (Wildman–Crippen LogP) is 2.42. The molecule has 1 aromatic heterocycles. The standard InChI is InChI=1S/C14H20N2O2/c1-10(2)6-7-18-12-8-11-4-5-13(17)16(3)14(11)15-9-12/h8-10H,4-7H2,1-3H3. The molecule has 0 aromatic carbocycles. The number of rotatable bonds is 4. The van der Waals surface area contributed by atoms with Gasteiger partial charge in [0.1, 0.15) is 11.6 Å². The molecule has 4 nitrogen and oxygen atoms in total. The van der Waals surface area contributed by atoms with Crippen LogP contribution in [0.1, 0.15) is 32.3 Å². The third-order valence-corrected chi connectivity index (χ3v) is 3.18. The first kappa shape index (κ1) is 12.9. The Kier molecular flexibility index (Phi) is 3.84. The number of carbonyl (C=O) groups is 1. The van der Waals surface area contributed by atoms with Crippen molar-refractivity contribution in [3.8, 4) is 5.75 Å². The second-order valence-corrected chi connectivity index (χ2v) is 5.14. The van der Waals surface area contributed by atoms with Crippen LogP contribution >= 0.6 is 0 Å². The summed E-state index contributed by atoms with van der Waals surface area (Å²) < 4.78 is 5.68. The van der Waals surface area contributed by atoms with E-state index in [4.69, 9.17) is 4.74 Å². The molecule has 0 saturated heterocycles. The van der Waals surface area contributed by atoms with Crippen molar-refractivity contribution in [3.63, 3.8) is 0 Å². The maximum absolute atomic E-state index is 11.5. The van der Waals surface area contributed by atoms with E-state index in [1.165, 1.54) is 0 Å². The molecule has 0 fully saturated rings. The number of fused-ring (bicyclic) bond motifs is 1. The average molecular weight is 248 g/mol. The van der Waals surface area contributed by atoms with Crippen molar-refractivity contribution >= 4 is 11.7 Å². The molecule has 1 aromatic rings. The Morgan fingerprint density at radius 1 is 1.44 bits per heavy atom. The Balaban J connectivity index is 2.06. The molecule has 0 bridgehead atoms. The lowest BCUT2D eigenvalue weighted by Crippen LogP contribution is -2.31.